The molecule has 0 saturated carbocycles. The molecule has 0 spiro atoms. The standard InChI is InChI=1S/C14H14F2N4O2/c15-11(16)13-18-9-4-2-1-3-8(9)14(19-13)20-5-6-22-7-10(20)12(17)21/h1-4,10-11H,5-7H2,(H2,17,21)/t10-/m0/s1. The maximum atomic E-state index is 13.0. The van der Waals surface area contributed by atoms with Gasteiger partial charge in [0.15, 0.2) is 5.82 Å². The molecule has 1 saturated heterocycles. The first-order chi connectivity index (χ1) is 10.6. The number of halogens is 2. The summed E-state index contributed by atoms with van der Waals surface area (Å²) in [5, 5.41) is 0.597. The van der Waals surface area contributed by atoms with Crippen LogP contribution < -0.4 is 10.6 Å². The molecule has 116 valence electrons. The van der Waals surface area contributed by atoms with Gasteiger partial charge in [-0.2, -0.15) is 0 Å². The van der Waals surface area contributed by atoms with Crippen molar-refractivity contribution < 1.29 is 18.3 Å². The Bertz CT molecular complexity index is 710. The third kappa shape index (κ3) is 2.57. The first-order valence-electron chi connectivity index (χ1n) is 6.76. The molecule has 0 bridgehead atoms. The van der Waals surface area contributed by atoms with Crippen LogP contribution in [0.1, 0.15) is 12.2 Å². The number of hydrogen-bond acceptors (Lipinski definition) is 5. The lowest BCUT2D eigenvalue weighted by Crippen LogP contribution is -2.53. The molecule has 1 fully saturated rings. The molecular weight excluding hydrogens is 294 g/mol. The minimum absolute atomic E-state index is 0.109. The average molecular weight is 308 g/mol. The number of nitrogens with two attached hydrogens (primary N) is 1. The molecule has 1 aliphatic rings. The SMILES string of the molecule is NC(=O)[C@@H]1COCCN1c1nc(C(F)F)nc2ccccc12. The van der Waals surface area contributed by atoms with Gasteiger partial charge in [-0.05, 0) is 12.1 Å². The Morgan fingerprint density at radius 2 is 2.14 bits per heavy atom. The van der Waals surface area contributed by atoms with E-state index in [-0.39, 0.29) is 12.4 Å². The molecule has 1 amide bonds. The number of rotatable bonds is 3. The lowest BCUT2D eigenvalue weighted by atomic mass is 10.1. The summed E-state index contributed by atoms with van der Waals surface area (Å²) in [5.41, 5.74) is 5.79. The zero-order chi connectivity index (χ0) is 15.7. The van der Waals surface area contributed by atoms with Gasteiger partial charge in [-0.25, -0.2) is 18.7 Å². The number of nitrogens with zero attached hydrogens (tertiary/aromatic N) is 3. The van der Waals surface area contributed by atoms with E-state index in [1.165, 1.54) is 0 Å². The van der Waals surface area contributed by atoms with E-state index in [0.29, 0.717) is 24.1 Å². The Hall–Kier alpha value is -2.35. The monoisotopic (exact) mass is 308 g/mol. The number of carbonyl (C=O) groups excluding carboxylic acids is 1. The van der Waals surface area contributed by atoms with Gasteiger partial charge >= 0.3 is 0 Å². The minimum atomic E-state index is -2.79. The number of alkyl halides is 2. The largest absolute Gasteiger partial charge is 0.377 e. The molecule has 0 unspecified atom stereocenters. The van der Waals surface area contributed by atoms with E-state index < -0.39 is 24.2 Å². The van der Waals surface area contributed by atoms with Crippen LogP contribution in [-0.4, -0.2) is 41.7 Å². The van der Waals surface area contributed by atoms with Crippen LogP contribution in [0, 0.1) is 0 Å². The first kappa shape index (κ1) is 14.6. The molecule has 22 heavy (non-hydrogen) atoms. The molecule has 2 N–H and O–H groups in total. The van der Waals surface area contributed by atoms with Gasteiger partial charge in [0, 0.05) is 11.9 Å². The molecule has 6 nitrogen and oxygen atoms in total. The second-order valence-corrected chi connectivity index (χ2v) is 4.91. The molecule has 0 aliphatic carbocycles. The first-order valence-corrected chi connectivity index (χ1v) is 6.76. The highest BCUT2D eigenvalue weighted by Crippen LogP contribution is 2.29. The number of carbonyl (C=O) groups is 1. The van der Waals surface area contributed by atoms with Crippen molar-refractivity contribution in [3.8, 4) is 0 Å². The number of ether oxygens (including phenoxy) is 1. The predicted octanol–water partition coefficient (Wildman–Crippen LogP) is 1.26. The van der Waals surface area contributed by atoms with Crippen LogP contribution in [0.5, 0.6) is 0 Å². The fourth-order valence-corrected chi connectivity index (χ4v) is 2.49. The fraction of sp³-hybridized carbons (Fsp3) is 0.357. The molecule has 3 rings (SSSR count). The summed E-state index contributed by atoms with van der Waals surface area (Å²) in [4.78, 5) is 21.0. The van der Waals surface area contributed by atoms with Crippen molar-refractivity contribution in [3.05, 3.63) is 30.1 Å². The summed E-state index contributed by atoms with van der Waals surface area (Å²) in [6.45, 7) is 0.821. The van der Waals surface area contributed by atoms with Gasteiger partial charge in [0.05, 0.1) is 18.7 Å². The molecule has 0 radical (unpaired) electrons. The summed E-state index contributed by atoms with van der Waals surface area (Å²) in [5.74, 6) is -0.864. The highest BCUT2D eigenvalue weighted by atomic mass is 19.3. The molecule has 1 aromatic heterocycles. The Balaban J connectivity index is 2.17. The van der Waals surface area contributed by atoms with E-state index in [9.17, 15) is 13.6 Å². The maximum Gasteiger partial charge on any atom is 0.297 e. The van der Waals surface area contributed by atoms with Crippen molar-refractivity contribution in [1.29, 1.82) is 0 Å². The number of aromatic nitrogens is 2. The summed E-state index contributed by atoms with van der Waals surface area (Å²) >= 11 is 0. The number of fused-ring (bicyclic) bond motifs is 1. The van der Waals surface area contributed by atoms with Crippen LogP contribution in [-0.2, 0) is 9.53 Å². The van der Waals surface area contributed by atoms with Gasteiger partial charge in [-0.3, -0.25) is 4.79 Å². The van der Waals surface area contributed by atoms with Crippen LogP contribution in [0.4, 0.5) is 14.6 Å². The molecule has 1 atom stereocenters. The van der Waals surface area contributed by atoms with Crippen molar-refractivity contribution in [2.24, 2.45) is 5.73 Å². The molecule has 2 aromatic rings. The molecular formula is C14H14F2N4O2. The lowest BCUT2D eigenvalue weighted by molar-refractivity contribution is -0.121. The Morgan fingerprint density at radius 3 is 2.86 bits per heavy atom. The summed E-state index contributed by atoms with van der Waals surface area (Å²) in [6.07, 6.45) is -2.79. The number of primary amides is 1. The van der Waals surface area contributed by atoms with Crippen LogP contribution in [0.15, 0.2) is 24.3 Å². The van der Waals surface area contributed by atoms with Crippen molar-refractivity contribution in [1.82, 2.24) is 9.97 Å². The minimum Gasteiger partial charge on any atom is -0.377 e. The second-order valence-electron chi connectivity index (χ2n) is 4.91. The quantitative estimate of drug-likeness (QED) is 0.923. The van der Waals surface area contributed by atoms with Gasteiger partial charge in [0.2, 0.25) is 5.91 Å². The fourth-order valence-electron chi connectivity index (χ4n) is 2.49. The number of amides is 1. The Morgan fingerprint density at radius 1 is 1.36 bits per heavy atom. The van der Waals surface area contributed by atoms with Crippen molar-refractivity contribution in [3.63, 3.8) is 0 Å². The number of morpholine rings is 1. The van der Waals surface area contributed by atoms with Gasteiger partial charge in [-0.15, -0.1) is 0 Å². The van der Waals surface area contributed by atoms with E-state index in [2.05, 4.69) is 9.97 Å². The van der Waals surface area contributed by atoms with Gasteiger partial charge in [-0.1, -0.05) is 12.1 Å². The third-order valence-electron chi connectivity index (χ3n) is 3.52. The summed E-state index contributed by atoms with van der Waals surface area (Å²) in [6, 6.07) is 6.09. The smallest absolute Gasteiger partial charge is 0.297 e. The molecule has 1 aromatic carbocycles. The van der Waals surface area contributed by atoms with E-state index in [0.717, 1.165) is 0 Å². The van der Waals surface area contributed by atoms with Crippen molar-refractivity contribution >= 4 is 22.6 Å². The Labute approximate surface area is 124 Å². The Kier molecular flexibility index (Phi) is 3.84. The van der Waals surface area contributed by atoms with Crippen molar-refractivity contribution in [2.75, 3.05) is 24.7 Å². The zero-order valence-electron chi connectivity index (χ0n) is 11.6. The maximum absolute atomic E-state index is 13.0. The van der Waals surface area contributed by atoms with E-state index in [1.807, 2.05) is 0 Å². The van der Waals surface area contributed by atoms with Crippen LogP contribution >= 0.6 is 0 Å². The number of benzene rings is 1. The number of para-hydroxylation sites is 1. The third-order valence-corrected chi connectivity index (χ3v) is 3.52. The average Bonchev–Trinajstić information content (AvgIpc) is 2.53. The highest BCUT2D eigenvalue weighted by Gasteiger charge is 2.31. The predicted molar refractivity (Wildman–Crippen MR) is 75.6 cm³/mol. The summed E-state index contributed by atoms with van der Waals surface area (Å²) in [7, 11) is 0. The zero-order valence-corrected chi connectivity index (χ0v) is 11.6. The van der Waals surface area contributed by atoms with Crippen molar-refractivity contribution in [2.45, 2.75) is 12.5 Å². The number of anilines is 1. The van der Waals surface area contributed by atoms with Crippen LogP contribution in [0.25, 0.3) is 10.9 Å². The van der Waals surface area contributed by atoms with E-state index >= 15 is 0 Å². The molecule has 2 heterocycles. The van der Waals surface area contributed by atoms with Crippen LogP contribution in [0.3, 0.4) is 0 Å². The topological polar surface area (TPSA) is 81.3 Å². The van der Waals surface area contributed by atoms with Crippen LogP contribution in [0.2, 0.25) is 0 Å². The van der Waals surface area contributed by atoms with Gasteiger partial charge < -0.3 is 15.4 Å². The normalized spacial score (nSPS) is 18.9. The van der Waals surface area contributed by atoms with Gasteiger partial charge in [0.1, 0.15) is 11.9 Å². The molecule has 8 heteroatoms. The second kappa shape index (κ2) is 5.80. The van der Waals surface area contributed by atoms with E-state index in [4.69, 9.17) is 10.5 Å². The number of hydrogen-bond donors (Lipinski definition) is 1. The highest BCUT2D eigenvalue weighted by molar-refractivity contribution is 5.92. The van der Waals surface area contributed by atoms with E-state index in [1.54, 1.807) is 29.2 Å². The summed E-state index contributed by atoms with van der Waals surface area (Å²) < 4.78 is 31.3. The van der Waals surface area contributed by atoms with Gasteiger partial charge in [0.25, 0.3) is 6.43 Å². The molecule has 1 aliphatic heterocycles. The lowest BCUT2D eigenvalue weighted by Gasteiger charge is -2.35.